The lowest BCUT2D eigenvalue weighted by Crippen LogP contribution is -2.25. The third-order valence-corrected chi connectivity index (χ3v) is 2.12. The molecule has 0 saturated carbocycles. The maximum Gasteiger partial charge on any atom is 0.243 e. The van der Waals surface area contributed by atoms with Crippen molar-refractivity contribution < 1.29 is 9.59 Å². The summed E-state index contributed by atoms with van der Waals surface area (Å²) < 4.78 is 0. The number of nitrogens with one attached hydrogen (secondary N) is 1. The summed E-state index contributed by atoms with van der Waals surface area (Å²) in [4.78, 5) is 21.3. The predicted octanol–water partition coefficient (Wildman–Crippen LogP) is 2.96. The van der Waals surface area contributed by atoms with Crippen LogP contribution in [0.25, 0.3) is 0 Å². The van der Waals surface area contributed by atoms with E-state index in [-0.39, 0.29) is 5.91 Å². The van der Waals surface area contributed by atoms with Gasteiger partial charge < -0.3 is 5.32 Å². The summed E-state index contributed by atoms with van der Waals surface area (Å²) in [7, 11) is 0. The lowest BCUT2D eigenvalue weighted by molar-refractivity contribution is -0.116. The van der Waals surface area contributed by atoms with Gasteiger partial charge in [0.25, 0.3) is 0 Å². The second-order valence-electron chi connectivity index (χ2n) is 4.45. The Hall–Kier alpha value is -1.90. The van der Waals surface area contributed by atoms with Gasteiger partial charge in [-0.25, -0.2) is 0 Å². The Kier molecular flexibility index (Phi) is 11.3. The van der Waals surface area contributed by atoms with Gasteiger partial charge in [0, 0.05) is 12.6 Å². The Bertz CT molecular complexity index is 363. The molecule has 3 nitrogen and oxygen atoms in total. The van der Waals surface area contributed by atoms with E-state index in [1.54, 1.807) is 12.2 Å². The first-order chi connectivity index (χ1) is 9.16. The summed E-state index contributed by atoms with van der Waals surface area (Å²) in [5.74, 6) is 0.408. The fourth-order valence-corrected chi connectivity index (χ4v) is 1.16. The van der Waals surface area contributed by atoms with Crippen molar-refractivity contribution >= 4 is 12.2 Å². The Labute approximate surface area is 115 Å². The van der Waals surface area contributed by atoms with Crippen LogP contribution in [0.2, 0.25) is 0 Å². The van der Waals surface area contributed by atoms with Crippen molar-refractivity contribution in [3.8, 4) is 0 Å². The smallest absolute Gasteiger partial charge is 0.243 e. The van der Waals surface area contributed by atoms with Crippen molar-refractivity contribution in [3.05, 3.63) is 48.6 Å². The molecule has 0 aliphatic carbocycles. The monoisotopic (exact) mass is 261 g/mol. The van der Waals surface area contributed by atoms with E-state index in [4.69, 9.17) is 0 Å². The molecule has 0 spiro atoms. The second-order valence-corrected chi connectivity index (χ2v) is 4.45. The molecule has 0 heterocycles. The van der Waals surface area contributed by atoms with Crippen LogP contribution in [-0.4, -0.2) is 18.7 Å². The zero-order valence-corrected chi connectivity index (χ0v) is 11.7. The molecule has 0 radical (unpaired) electrons. The molecule has 0 saturated heterocycles. The maximum atomic E-state index is 11.3. The zero-order valence-electron chi connectivity index (χ0n) is 11.7. The van der Waals surface area contributed by atoms with Crippen molar-refractivity contribution in [1.82, 2.24) is 5.32 Å². The molecule has 3 heteroatoms. The van der Waals surface area contributed by atoms with Gasteiger partial charge in [0.05, 0.1) is 0 Å². The van der Waals surface area contributed by atoms with Gasteiger partial charge in [-0.2, -0.15) is 0 Å². The molecule has 0 rings (SSSR count). The molecule has 0 aliphatic heterocycles. The minimum Gasteiger partial charge on any atom is -0.352 e. The highest BCUT2D eigenvalue weighted by atomic mass is 16.1. The third kappa shape index (κ3) is 14.0. The van der Waals surface area contributed by atoms with Crippen LogP contribution in [0.4, 0.5) is 0 Å². The molecule has 1 N–H and O–H groups in total. The van der Waals surface area contributed by atoms with Gasteiger partial charge >= 0.3 is 0 Å². The van der Waals surface area contributed by atoms with Crippen LogP contribution in [0.1, 0.15) is 26.7 Å². The molecule has 0 aromatic rings. The molecular weight excluding hydrogens is 238 g/mol. The molecule has 0 atom stereocenters. The lowest BCUT2D eigenvalue weighted by Gasteiger charge is -2.03. The number of carbonyl (C=O) groups is 2. The third-order valence-electron chi connectivity index (χ3n) is 2.12. The highest BCUT2D eigenvalue weighted by Gasteiger charge is 1.95. The maximum absolute atomic E-state index is 11.3. The van der Waals surface area contributed by atoms with Gasteiger partial charge in [0.2, 0.25) is 5.91 Å². The van der Waals surface area contributed by atoms with Crippen LogP contribution >= 0.6 is 0 Å². The number of unbranched alkanes of at least 4 members (excludes halogenated alkanes) is 1. The first-order valence-electron chi connectivity index (χ1n) is 6.54. The minimum atomic E-state index is -0.0581. The van der Waals surface area contributed by atoms with Crippen LogP contribution < -0.4 is 5.32 Å². The summed E-state index contributed by atoms with van der Waals surface area (Å²) in [6.45, 7) is 4.81. The van der Waals surface area contributed by atoms with Crippen molar-refractivity contribution in [1.29, 1.82) is 0 Å². The van der Waals surface area contributed by atoms with Gasteiger partial charge in [-0.3, -0.25) is 9.59 Å². The van der Waals surface area contributed by atoms with Crippen LogP contribution in [0.5, 0.6) is 0 Å². The van der Waals surface area contributed by atoms with E-state index in [9.17, 15) is 9.59 Å². The number of hydrogen-bond acceptors (Lipinski definition) is 2. The SMILES string of the molecule is CC(C)CNC(=O)/C=C/C=C/CC/C=C/C=C/C=O. The molecule has 0 aromatic heterocycles. The number of carbonyl (C=O) groups excluding carboxylic acids is 2. The summed E-state index contributed by atoms with van der Waals surface area (Å²) >= 11 is 0. The number of allylic oxidation sites excluding steroid dienone is 7. The molecular formula is C16H23NO2. The van der Waals surface area contributed by atoms with Crippen LogP contribution in [-0.2, 0) is 9.59 Å². The Morgan fingerprint density at radius 1 is 1.00 bits per heavy atom. The van der Waals surface area contributed by atoms with Crippen molar-refractivity contribution in [2.24, 2.45) is 5.92 Å². The highest BCUT2D eigenvalue weighted by Crippen LogP contribution is 1.94. The van der Waals surface area contributed by atoms with E-state index in [1.807, 2.05) is 24.3 Å². The fourth-order valence-electron chi connectivity index (χ4n) is 1.16. The molecule has 104 valence electrons. The summed E-state index contributed by atoms with van der Waals surface area (Å²) in [5.41, 5.74) is 0. The number of aldehydes is 1. The van der Waals surface area contributed by atoms with Crippen molar-refractivity contribution in [3.63, 3.8) is 0 Å². The van der Waals surface area contributed by atoms with Gasteiger partial charge in [0.15, 0.2) is 0 Å². The van der Waals surface area contributed by atoms with E-state index in [2.05, 4.69) is 19.2 Å². The average molecular weight is 261 g/mol. The van der Waals surface area contributed by atoms with Crippen molar-refractivity contribution in [2.75, 3.05) is 6.54 Å². The van der Waals surface area contributed by atoms with Crippen LogP contribution in [0.3, 0.4) is 0 Å². The molecule has 0 fully saturated rings. The quantitative estimate of drug-likeness (QED) is 0.300. The molecule has 19 heavy (non-hydrogen) atoms. The molecule has 0 aliphatic rings. The average Bonchev–Trinajstić information content (AvgIpc) is 2.38. The van der Waals surface area contributed by atoms with Gasteiger partial charge in [-0.1, -0.05) is 50.3 Å². The Balaban J connectivity index is 3.67. The zero-order chi connectivity index (χ0) is 14.3. The minimum absolute atomic E-state index is 0.0581. The number of rotatable bonds is 9. The summed E-state index contributed by atoms with van der Waals surface area (Å²) in [6, 6.07) is 0. The van der Waals surface area contributed by atoms with Gasteiger partial charge in [0.1, 0.15) is 6.29 Å². The highest BCUT2D eigenvalue weighted by molar-refractivity contribution is 5.87. The first kappa shape index (κ1) is 17.1. The summed E-state index contributed by atoms with van der Waals surface area (Å²) in [6.07, 6.45) is 16.7. The first-order valence-corrected chi connectivity index (χ1v) is 6.54. The Morgan fingerprint density at radius 2 is 1.63 bits per heavy atom. The van der Waals surface area contributed by atoms with E-state index in [0.29, 0.717) is 12.5 Å². The van der Waals surface area contributed by atoms with E-state index < -0.39 is 0 Å². The lowest BCUT2D eigenvalue weighted by atomic mass is 10.2. The van der Waals surface area contributed by atoms with Crippen LogP contribution in [0, 0.1) is 5.92 Å². The van der Waals surface area contributed by atoms with E-state index >= 15 is 0 Å². The van der Waals surface area contributed by atoms with Gasteiger partial charge in [-0.15, -0.1) is 0 Å². The molecule has 0 bridgehead atoms. The number of amides is 1. The second kappa shape index (κ2) is 12.6. The normalized spacial score (nSPS) is 12.4. The van der Waals surface area contributed by atoms with E-state index in [0.717, 1.165) is 19.1 Å². The number of hydrogen-bond donors (Lipinski definition) is 1. The summed E-state index contributed by atoms with van der Waals surface area (Å²) in [5, 5.41) is 2.81. The topological polar surface area (TPSA) is 46.2 Å². The van der Waals surface area contributed by atoms with E-state index in [1.165, 1.54) is 12.2 Å². The van der Waals surface area contributed by atoms with Crippen LogP contribution in [0.15, 0.2) is 48.6 Å². The van der Waals surface area contributed by atoms with Gasteiger partial charge in [-0.05, 0) is 24.8 Å². The predicted molar refractivity (Wildman–Crippen MR) is 79.7 cm³/mol. The molecule has 1 amide bonds. The standard InChI is InChI=1S/C16H23NO2/c1-15(2)14-17-16(19)12-10-8-6-4-3-5-7-9-11-13-18/h5-13,15H,3-4,14H2,1-2H3,(H,17,19)/b7-5+,8-6+,11-9+,12-10+. The molecule has 0 unspecified atom stereocenters. The molecule has 0 aromatic carbocycles. The fraction of sp³-hybridized carbons (Fsp3) is 0.375. The van der Waals surface area contributed by atoms with Crippen molar-refractivity contribution in [2.45, 2.75) is 26.7 Å². The Morgan fingerprint density at radius 3 is 2.21 bits per heavy atom. The largest absolute Gasteiger partial charge is 0.352 e.